The summed E-state index contributed by atoms with van der Waals surface area (Å²) < 4.78 is 65.9. The molecular weight excluding hydrogens is 550 g/mol. The van der Waals surface area contributed by atoms with Gasteiger partial charge < -0.3 is 29.4 Å². The molecule has 1 aliphatic heterocycles. The standard InChI is InChI=1S/C28H27F4N3O6/c1-15-23(24-20(29)12-18(40-2)13-21(24)30)19(14-33-25(37)16-5-7-17(8-6-16)41-28(31)32)26(38)35(15)22-4-3-9-34(10-11-36)27(22)39/h3-9,12-13,15,19,23,28,36H,10-11,14H2,1-2H3,(H,33,37)/t15-,19?,23+/m0/s1. The number of benzene rings is 2. The zero-order valence-corrected chi connectivity index (χ0v) is 22.0. The maximum absolute atomic E-state index is 15.3. The highest BCUT2D eigenvalue weighted by atomic mass is 19.3. The van der Waals surface area contributed by atoms with Crippen molar-refractivity contribution in [2.24, 2.45) is 5.92 Å². The Bertz CT molecular complexity index is 1460. The number of nitrogens with zero attached hydrogens (tertiary/aromatic N) is 2. The van der Waals surface area contributed by atoms with Gasteiger partial charge in [-0.2, -0.15) is 8.78 Å². The van der Waals surface area contributed by atoms with Crippen LogP contribution in [0.2, 0.25) is 0 Å². The van der Waals surface area contributed by atoms with Gasteiger partial charge >= 0.3 is 6.61 Å². The molecule has 2 heterocycles. The van der Waals surface area contributed by atoms with Gasteiger partial charge in [-0.1, -0.05) is 0 Å². The van der Waals surface area contributed by atoms with Gasteiger partial charge in [0.15, 0.2) is 0 Å². The molecule has 9 nitrogen and oxygen atoms in total. The molecule has 0 spiro atoms. The number of nitrogens with one attached hydrogen (secondary N) is 1. The van der Waals surface area contributed by atoms with E-state index in [4.69, 9.17) is 4.74 Å². The number of hydrogen-bond acceptors (Lipinski definition) is 6. The maximum atomic E-state index is 15.3. The highest BCUT2D eigenvalue weighted by Crippen LogP contribution is 2.43. The van der Waals surface area contributed by atoms with Gasteiger partial charge in [0.2, 0.25) is 5.91 Å². The number of pyridine rings is 1. The van der Waals surface area contributed by atoms with Crippen LogP contribution in [0.25, 0.3) is 0 Å². The zero-order valence-electron chi connectivity index (χ0n) is 22.0. The topological polar surface area (TPSA) is 110 Å². The molecule has 3 atom stereocenters. The second-order valence-electron chi connectivity index (χ2n) is 9.31. The summed E-state index contributed by atoms with van der Waals surface area (Å²) in [5, 5.41) is 11.9. The molecule has 3 aromatic rings. The molecule has 0 saturated carbocycles. The number of carbonyl (C=O) groups is 2. The molecule has 2 aromatic carbocycles. The third kappa shape index (κ3) is 6.04. The van der Waals surface area contributed by atoms with Crippen LogP contribution in [-0.2, 0) is 11.3 Å². The maximum Gasteiger partial charge on any atom is 0.387 e. The van der Waals surface area contributed by atoms with Crippen molar-refractivity contribution in [2.75, 3.05) is 25.2 Å². The van der Waals surface area contributed by atoms with E-state index in [2.05, 4.69) is 10.1 Å². The Morgan fingerprint density at radius 3 is 2.32 bits per heavy atom. The van der Waals surface area contributed by atoms with Crippen molar-refractivity contribution in [3.8, 4) is 11.5 Å². The highest BCUT2D eigenvalue weighted by Gasteiger charge is 2.49. The Hall–Kier alpha value is -4.39. The van der Waals surface area contributed by atoms with E-state index >= 15 is 8.78 Å². The molecule has 0 aliphatic carbocycles. The Morgan fingerprint density at radius 2 is 1.73 bits per heavy atom. The Kier molecular flexibility index (Phi) is 8.96. The van der Waals surface area contributed by atoms with Crippen molar-refractivity contribution in [2.45, 2.75) is 32.0 Å². The van der Waals surface area contributed by atoms with Crippen LogP contribution in [0.3, 0.4) is 0 Å². The van der Waals surface area contributed by atoms with Crippen molar-refractivity contribution < 1.29 is 41.7 Å². The third-order valence-electron chi connectivity index (χ3n) is 6.96. The van der Waals surface area contributed by atoms with E-state index in [0.29, 0.717) is 0 Å². The fourth-order valence-electron chi connectivity index (χ4n) is 5.11. The van der Waals surface area contributed by atoms with Crippen molar-refractivity contribution in [3.63, 3.8) is 0 Å². The van der Waals surface area contributed by atoms with E-state index in [-0.39, 0.29) is 42.4 Å². The fourth-order valence-corrected chi connectivity index (χ4v) is 5.11. The van der Waals surface area contributed by atoms with Gasteiger partial charge in [-0.25, -0.2) is 8.78 Å². The number of amides is 2. The lowest BCUT2D eigenvalue weighted by molar-refractivity contribution is -0.120. The summed E-state index contributed by atoms with van der Waals surface area (Å²) in [6.07, 6.45) is 1.43. The number of methoxy groups -OCH3 is 1. The fraction of sp³-hybridized carbons (Fsp3) is 0.321. The van der Waals surface area contributed by atoms with Crippen LogP contribution in [-0.4, -0.2) is 54.4 Å². The van der Waals surface area contributed by atoms with Crippen molar-refractivity contribution >= 4 is 17.5 Å². The van der Waals surface area contributed by atoms with Gasteiger partial charge in [0.05, 0.1) is 19.6 Å². The second kappa shape index (κ2) is 12.4. The quantitative estimate of drug-likeness (QED) is 0.358. The molecule has 0 radical (unpaired) electrons. The number of anilines is 1. The minimum absolute atomic E-state index is 0.0329. The van der Waals surface area contributed by atoms with Crippen LogP contribution in [0, 0.1) is 17.6 Å². The minimum atomic E-state index is -3.04. The van der Waals surface area contributed by atoms with Crippen LogP contribution in [0.4, 0.5) is 23.2 Å². The molecule has 1 unspecified atom stereocenters. The van der Waals surface area contributed by atoms with Gasteiger partial charge in [0.25, 0.3) is 11.5 Å². The first kappa shape index (κ1) is 29.6. The summed E-state index contributed by atoms with van der Waals surface area (Å²) in [5.41, 5.74) is -0.989. The van der Waals surface area contributed by atoms with Gasteiger partial charge in [-0.15, -0.1) is 0 Å². The Morgan fingerprint density at radius 1 is 1.07 bits per heavy atom. The lowest BCUT2D eigenvalue weighted by Gasteiger charge is -2.26. The summed E-state index contributed by atoms with van der Waals surface area (Å²) in [6, 6.07) is 8.76. The average molecular weight is 578 g/mol. The first-order valence-corrected chi connectivity index (χ1v) is 12.6. The van der Waals surface area contributed by atoms with Crippen molar-refractivity contribution in [1.29, 1.82) is 0 Å². The van der Waals surface area contributed by atoms with Crippen molar-refractivity contribution in [1.82, 2.24) is 9.88 Å². The third-order valence-corrected chi connectivity index (χ3v) is 6.96. The smallest absolute Gasteiger partial charge is 0.387 e. The van der Waals surface area contributed by atoms with Gasteiger partial charge in [0, 0.05) is 54.5 Å². The van der Waals surface area contributed by atoms with Crippen LogP contribution in [0.5, 0.6) is 11.5 Å². The lowest BCUT2D eigenvalue weighted by atomic mass is 9.83. The molecule has 218 valence electrons. The first-order valence-electron chi connectivity index (χ1n) is 12.6. The number of aliphatic hydroxyl groups excluding tert-OH is 1. The summed E-state index contributed by atoms with van der Waals surface area (Å²) in [4.78, 5) is 40.9. The van der Waals surface area contributed by atoms with Gasteiger partial charge in [-0.05, 0) is 43.3 Å². The second-order valence-corrected chi connectivity index (χ2v) is 9.31. The summed E-state index contributed by atoms with van der Waals surface area (Å²) >= 11 is 0. The molecule has 2 N–H and O–H groups in total. The molecular formula is C28H27F4N3O6. The molecule has 0 bridgehead atoms. The minimum Gasteiger partial charge on any atom is -0.497 e. The molecule has 1 saturated heterocycles. The molecule has 13 heteroatoms. The van der Waals surface area contributed by atoms with Crippen LogP contribution >= 0.6 is 0 Å². The number of rotatable bonds is 10. The van der Waals surface area contributed by atoms with Crippen LogP contribution in [0.1, 0.15) is 28.8 Å². The molecule has 41 heavy (non-hydrogen) atoms. The summed E-state index contributed by atoms with van der Waals surface area (Å²) in [6.45, 7) is -2.23. The number of aliphatic hydroxyl groups is 1. The highest BCUT2D eigenvalue weighted by molar-refractivity contribution is 6.00. The average Bonchev–Trinajstić information content (AvgIpc) is 3.17. The number of ether oxygens (including phenoxy) is 2. The lowest BCUT2D eigenvalue weighted by Crippen LogP contribution is -2.39. The van der Waals surface area contributed by atoms with E-state index in [9.17, 15) is 28.3 Å². The summed E-state index contributed by atoms with van der Waals surface area (Å²) in [7, 11) is 1.24. The van der Waals surface area contributed by atoms with E-state index < -0.39 is 59.1 Å². The number of carbonyl (C=O) groups excluding carboxylic acids is 2. The molecule has 4 rings (SSSR count). The van der Waals surface area contributed by atoms with Crippen LogP contribution < -0.4 is 25.2 Å². The zero-order chi connectivity index (χ0) is 29.8. The van der Waals surface area contributed by atoms with E-state index in [1.54, 1.807) is 0 Å². The van der Waals surface area contributed by atoms with E-state index in [1.807, 2.05) is 0 Å². The first-order chi connectivity index (χ1) is 19.6. The van der Waals surface area contributed by atoms with E-state index in [1.165, 1.54) is 61.2 Å². The number of alkyl halides is 2. The van der Waals surface area contributed by atoms with Crippen LogP contribution in [0.15, 0.2) is 59.5 Å². The summed E-state index contributed by atoms with van der Waals surface area (Å²) in [5.74, 6) is -5.83. The molecule has 2 amide bonds. The molecule has 1 fully saturated rings. The Balaban J connectivity index is 1.69. The largest absolute Gasteiger partial charge is 0.497 e. The SMILES string of the molecule is COc1cc(F)c([C@H]2C(CNC(=O)c3ccc(OC(F)F)cc3)C(=O)N(c3cccn(CCO)c3=O)[C@H]2C)c(F)c1. The van der Waals surface area contributed by atoms with E-state index in [0.717, 1.165) is 17.0 Å². The number of aromatic nitrogens is 1. The predicted octanol–water partition coefficient (Wildman–Crippen LogP) is 3.29. The Labute approximate surface area is 231 Å². The monoisotopic (exact) mass is 577 g/mol. The number of hydrogen-bond donors (Lipinski definition) is 2. The van der Waals surface area contributed by atoms with Crippen molar-refractivity contribution in [3.05, 3.63) is 87.8 Å². The normalized spacial score (nSPS) is 18.6. The molecule has 1 aromatic heterocycles. The number of halogens is 4. The van der Waals surface area contributed by atoms with Gasteiger partial charge in [0.1, 0.15) is 28.8 Å². The predicted molar refractivity (Wildman–Crippen MR) is 139 cm³/mol. The van der Waals surface area contributed by atoms with Gasteiger partial charge in [-0.3, -0.25) is 14.4 Å². The molecule has 1 aliphatic rings.